The summed E-state index contributed by atoms with van der Waals surface area (Å²) in [6.45, 7) is 0. The van der Waals surface area contributed by atoms with Crippen LogP contribution in [0.25, 0.3) is 0 Å². The number of nitro groups is 1. The average Bonchev–Trinajstić information content (AvgIpc) is 2.39. The van der Waals surface area contributed by atoms with Crippen LogP contribution in [-0.2, 0) is 0 Å². The Labute approximate surface area is 110 Å². The first kappa shape index (κ1) is 13.1. The Morgan fingerprint density at radius 1 is 1.42 bits per heavy atom. The van der Waals surface area contributed by atoms with E-state index in [1.807, 2.05) is 6.08 Å². The van der Waals surface area contributed by atoms with Gasteiger partial charge in [0.05, 0.1) is 10.6 Å². The zero-order valence-electron chi connectivity index (χ0n) is 10.3. The number of hydrogen-bond acceptors (Lipinski definition) is 4. The van der Waals surface area contributed by atoms with Gasteiger partial charge >= 0.3 is 0 Å². The molecule has 2 rings (SSSR count). The molecule has 0 bridgehead atoms. The summed E-state index contributed by atoms with van der Waals surface area (Å²) in [7, 11) is 0. The van der Waals surface area contributed by atoms with Gasteiger partial charge in [0.2, 0.25) is 0 Å². The van der Waals surface area contributed by atoms with E-state index in [2.05, 4.69) is 11.4 Å². The number of rotatable bonds is 3. The minimum atomic E-state index is -0.591. The number of allylic oxidation sites excluding steroid dienone is 1. The quantitative estimate of drug-likeness (QED) is 0.376. The molecule has 1 aliphatic rings. The number of nitrogens with two attached hydrogens (primary N) is 1. The van der Waals surface area contributed by atoms with Crippen molar-refractivity contribution in [2.75, 3.05) is 5.73 Å². The Hall–Kier alpha value is -2.37. The molecule has 0 spiro atoms. The molecule has 1 aromatic carbocycles. The van der Waals surface area contributed by atoms with Gasteiger partial charge in [-0.1, -0.05) is 18.2 Å². The first-order chi connectivity index (χ1) is 9.09. The molecule has 0 heterocycles. The van der Waals surface area contributed by atoms with E-state index in [9.17, 15) is 14.9 Å². The van der Waals surface area contributed by atoms with E-state index in [4.69, 9.17) is 5.73 Å². The fourth-order valence-electron chi connectivity index (χ4n) is 2.14. The van der Waals surface area contributed by atoms with Gasteiger partial charge in [0.1, 0.15) is 5.56 Å². The molecule has 100 valence electrons. The van der Waals surface area contributed by atoms with Crippen LogP contribution in [0.2, 0.25) is 0 Å². The van der Waals surface area contributed by atoms with Crippen LogP contribution in [-0.4, -0.2) is 16.9 Å². The normalized spacial score (nSPS) is 18.0. The Balaban J connectivity index is 2.23. The van der Waals surface area contributed by atoms with E-state index in [-0.39, 0.29) is 23.0 Å². The maximum Gasteiger partial charge on any atom is 0.284 e. The molecular weight excluding hydrogens is 246 g/mol. The van der Waals surface area contributed by atoms with Crippen molar-refractivity contribution >= 4 is 17.3 Å². The second-order valence-electron chi connectivity index (χ2n) is 4.45. The van der Waals surface area contributed by atoms with Crippen LogP contribution in [0.15, 0.2) is 30.4 Å². The molecule has 0 fully saturated rings. The summed E-state index contributed by atoms with van der Waals surface area (Å²) in [4.78, 5) is 22.5. The van der Waals surface area contributed by atoms with Gasteiger partial charge in [0.25, 0.3) is 11.6 Å². The van der Waals surface area contributed by atoms with Gasteiger partial charge in [0, 0.05) is 12.1 Å². The lowest BCUT2D eigenvalue weighted by Gasteiger charge is -2.19. The van der Waals surface area contributed by atoms with Crippen molar-refractivity contribution in [2.24, 2.45) is 0 Å². The van der Waals surface area contributed by atoms with Crippen molar-refractivity contribution in [3.8, 4) is 0 Å². The lowest BCUT2D eigenvalue weighted by Crippen LogP contribution is -2.36. The van der Waals surface area contributed by atoms with Crippen LogP contribution in [0.3, 0.4) is 0 Å². The molecule has 6 nitrogen and oxygen atoms in total. The van der Waals surface area contributed by atoms with E-state index in [1.54, 1.807) is 0 Å². The molecule has 0 saturated heterocycles. The zero-order valence-corrected chi connectivity index (χ0v) is 10.3. The molecule has 1 aliphatic carbocycles. The number of carbonyl (C=O) groups excluding carboxylic acids is 1. The first-order valence-corrected chi connectivity index (χ1v) is 6.08. The van der Waals surface area contributed by atoms with Gasteiger partial charge in [-0.2, -0.15) is 0 Å². The highest BCUT2D eigenvalue weighted by atomic mass is 16.6. The number of nitrogens with one attached hydrogen (secondary N) is 1. The van der Waals surface area contributed by atoms with E-state index >= 15 is 0 Å². The summed E-state index contributed by atoms with van der Waals surface area (Å²) >= 11 is 0. The van der Waals surface area contributed by atoms with Gasteiger partial charge in [-0.25, -0.2) is 0 Å². The molecule has 1 atom stereocenters. The lowest BCUT2D eigenvalue weighted by atomic mass is 10.0. The number of nitrogens with zero attached hydrogens (tertiary/aromatic N) is 1. The van der Waals surface area contributed by atoms with Crippen molar-refractivity contribution in [3.63, 3.8) is 0 Å². The number of hydrogen-bond donors (Lipinski definition) is 2. The maximum atomic E-state index is 12.1. The summed E-state index contributed by atoms with van der Waals surface area (Å²) in [5.74, 6) is -0.481. The molecule has 1 amide bonds. The molecule has 3 N–H and O–H groups in total. The van der Waals surface area contributed by atoms with Crippen LogP contribution in [0.5, 0.6) is 0 Å². The molecule has 1 aromatic rings. The Morgan fingerprint density at radius 3 is 2.84 bits per heavy atom. The molecule has 19 heavy (non-hydrogen) atoms. The highest BCUT2D eigenvalue weighted by Crippen LogP contribution is 2.24. The van der Waals surface area contributed by atoms with Gasteiger partial charge < -0.3 is 11.1 Å². The van der Waals surface area contributed by atoms with Gasteiger partial charge in [-0.15, -0.1) is 0 Å². The highest BCUT2D eigenvalue weighted by Gasteiger charge is 2.24. The van der Waals surface area contributed by atoms with Crippen LogP contribution in [0, 0.1) is 10.1 Å². The van der Waals surface area contributed by atoms with Gasteiger partial charge in [-0.05, 0) is 25.3 Å². The van der Waals surface area contributed by atoms with Crippen molar-refractivity contribution < 1.29 is 9.72 Å². The predicted octanol–water partition coefficient (Wildman–Crippen LogP) is 2.02. The van der Waals surface area contributed by atoms with Gasteiger partial charge in [0.15, 0.2) is 0 Å². The van der Waals surface area contributed by atoms with Gasteiger partial charge in [-0.3, -0.25) is 14.9 Å². The Morgan fingerprint density at radius 2 is 2.21 bits per heavy atom. The molecule has 1 unspecified atom stereocenters. The molecule has 0 radical (unpaired) electrons. The average molecular weight is 261 g/mol. The fourth-order valence-corrected chi connectivity index (χ4v) is 2.14. The first-order valence-electron chi connectivity index (χ1n) is 6.08. The molecule has 6 heteroatoms. The smallest absolute Gasteiger partial charge is 0.284 e. The standard InChI is InChI=1S/C13H15N3O3/c14-10-7-4-8-11(16(18)19)12(10)13(17)15-9-5-2-1-3-6-9/h1-2,4,7-9H,3,5-6,14H2,(H,15,17). The molecule has 0 saturated carbocycles. The number of benzene rings is 1. The number of nitro benzene ring substituents is 1. The van der Waals surface area contributed by atoms with E-state index < -0.39 is 10.8 Å². The number of amides is 1. The largest absolute Gasteiger partial charge is 0.398 e. The van der Waals surface area contributed by atoms with Crippen molar-refractivity contribution in [1.29, 1.82) is 0 Å². The van der Waals surface area contributed by atoms with E-state index in [0.29, 0.717) is 0 Å². The summed E-state index contributed by atoms with van der Waals surface area (Å²) in [6.07, 6.45) is 6.53. The second-order valence-corrected chi connectivity index (χ2v) is 4.45. The predicted molar refractivity (Wildman–Crippen MR) is 71.8 cm³/mol. The third kappa shape index (κ3) is 2.90. The third-order valence-corrected chi connectivity index (χ3v) is 3.10. The maximum absolute atomic E-state index is 12.1. The molecule has 0 aromatic heterocycles. The van der Waals surface area contributed by atoms with Crippen LogP contribution in [0.1, 0.15) is 29.6 Å². The van der Waals surface area contributed by atoms with E-state index in [1.165, 1.54) is 18.2 Å². The van der Waals surface area contributed by atoms with Crippen LogP contribution in [0.4, 0.5) is 11.4 Å². The summed E-state index contributed by atoms with van der Waals surface area (Å²) < 4.78 is 0. The van der Waals surface area contributed by atoms with E-state index in [0.717, 1.165) is 19.3 Å². The summed E-state index contributed by atoms with van der Waals surface area (Å²) in [5, 5.41) is 13.7. The van der Waals surface area contributed by atoms with Crippen LogP contribution < -0.4 is 11.1 Å². The lowest BCUT2D eigenvalue weighted by molar-refractivity contribution is -0.385. The van der Waals surface area contributed by atoms with Crippen molar-refractivity contribution in [3.05, 3.63) is 46.0 Å². The summed E-state index contributed by atoms with van der Waals surface area (Å²) in [6, 6.07) is 4.25. The second kappa shape index (κ2) is 5.51. The number of anilines is 1. The third-order valence-electron chi connectivity index (χ3n) is 3.10. The number of nitrogen functional groups attached to an aromatic ring is 1. The Bertz CT molecular complexity index is 540. The van der Waals surface area contributed by atoms with Crippen LogP contribution >= 0.6 is 0 Å². The molecular formula is C13H15N3O3. The molecule has 0 aliphatic heterocycles. The zero-order chi connectivity index (χ0) is 13.8. The highest BCUT2D eigenvalue weighted by molar-refractivity contribution is 6.03. The Kier molecular flexibility index (Phi) is 3.79. The minimum absolute atomic E-state index is 0.0108. The number of carbonyl (C=O) groups is 1. The topological polar surface area (TPSA) is 98.3 Å². The minimum Gasteiger partial charge on any atom is -0.398 e. The van der Waals surface area contributed by atoms with Crippen molar-refractivity contribution in [2.45, 2.75) is 25.3 Å². The fraction of sp³-hybridized carbons (Fsp3) is 0.308. The SMILES string of the molecule is Nc1cccc([N+](=O)[O-])c1C(=O)NC1CC=CCC1. The van der Waals surface area contributed by atoms with Crippen molar-refractivity contribution in [1.82, 2.24) is 5.32 Å². The summed E-state index contributed by atoms with van der Waals surface area (Å²) in [5.41, 5.74) is 5.50. The monoisotopic (exact) mass is 261 g/mol.